The second-order valence-electron chi connectivity index (χ2n) is 7.36. The highest BCUT2D eigenvalue weighted by Gasteiger charge is 2.34. The number of fused-ring (bicyclic) bond motifs is 1. The van der Waals surface area contributed by atoms with Crippen molar-refractivity contribution in [1.82, 2.24) is 10.2 Å². The minimum absolute atomic E-state index is 0.129. The first-order chi connectivity index (χ1) is 15.0. The summed E-state index contributed by atoms with van der Waals surface area (Å²) in [4.78, 5) is 40.9. The first-order valence-electron chi connectivity index (χ1n) is 10.1. The Labute approximate surface area is 190 Å². The number of carbonyl (C=O) groups is 3. The predicted molar refractivity (Wildman–Crippen MR) is 124 cm³/mol. The lowest BCUT2D eigenvalue weighted by atomic mass is 10.0. The van der Waals surface area contributed by atoms with Gasteiger partial charge in [-0.15, -0.1) is 0 Å². The number of hydrogen-bond acceptors (Lipinski definition) is 5. The van der Waals surface area contributed by atoms with Crippen molar-refractivity contribution in [3.8, 4) is 0 Å². The third kappa shape index (κ3) is 4.94. The molecule has 6 nitrogen and oxygen atoms in total. The third-order valence-electron chi connectivity index (χ3n) is 5.26. The molecule has 2 aromatic carbocycles. The van der Waals surface area contributed by atoms with Crippen molar-refractivity contribution in [2.75, 3.05) is 31.1 Å². The smallest absolute Gasteiger partial charge is 0.293 e. The summed E-state index contributed by atoms with van der Waals surface area (Å²) in [6.45, 7) is 1.43. The van der Waals surface area contributed by atoms with E-state index in [-0.39, 0.29) is 36.7 Å². The summed E-state index contributed by atoms with van der Waals surface area (Å²) >= 11 is 7.02. The first kappa shape index (κ1) is 21.5. The van der Waals surface area contributed by atoms with Gasteiger partial charge >= 0.3 is 0 Å². The zero-order chi connectivity index (χ0) is 21.8. The lowest BCUT2D eigenvalue weighted by molar-refractivity contribution is -0.124. The normalized spacial score (nSPS) is 17.3. The topological polar surface area (TPSA) is 69.7 Å². The van der Waals surface area contributed by atoms with E-state index < -0.39 is 0 Å². The summed E-state index contributed by atoms with van der Waals surface area (Å²) in [5.74, 6) is -0.496. The molecule has 1 saturated heterocycles. The van der Waals surface area contributed by atoms with Crippen LogP contribution in [0.4, 0.5) is 10.5 Å². The SMILES string of the molecule is O=C(CN1CCCc2ccccc21)NCCN1C(=O)S/C(=C\c2ccccc2Cl)C1=O. The number of para-hydroxylation sites is 1. The molecule has 160 valence electrons. The Bertz CT molecular complexity index is 1060. The van der Waals surface area contributed by atoms with E-state index in [9.17, 15) is 14.4 Å². The number of imide groups is 1. The second-order valence-corrected chi connectivity index (χ2v) is 8.76. The van der Waals surface area contributed by atoms with Crippen LogP contribution in [0.5, 0.6) is 0 Å². The maximum atomic E-state index is 12.6. The molecule has 0 unspecified atom stereocenters. The fourth-order valence-corrected chi connectivity index (χ4v) is 4.78. The molecule has 0 aliphatic carbocycles. The van der Waals surface area contributed by atoms with Gasteiger partial charge in [0.2, 0.25) is 5.91 Å². The molecule has 0 saturated carbocycles. The van der Waals surface area contributed by atoms with Crippen LogP contribution in [0.1, 0.15) is 17.5 Å². The van der Waals surface area contributed by atoms with Gasteiger partial charge in [-0.1, -0.05) is 48.0 Å². The number of hydrogen-bond donors (Lipinski definition) is 1. The highest BCUT2D eigenvalue weighted by Crippen LogP contribution is 2.33. The van der Waals surface area contributed by atoms with Crippen LogP contribution in [0.15, 0.2) is 53.4 Å². The zero-order valence-electron chi connectivity index (χ0n) is 16.8. The Hall–Kier alpha value is -2.77. The Morgan fingerprint density at radius 1 is 1.13 bits per heavy atom. The summed E-state index contributed by atoms with van der Waals surface area (Å²) in [7, 11) is 0. The van der Waals surface area contributed by atoms with Crippen LogP contribution in [-0.2, 0) is 16.0 Å². The van der Waals surface area contributed by atoms with E-state index in [2.05, 4.69) is 16.3 Å². The third-order valence-corrected chi connectivity index (χ3v) is 6.52. The van der Waals surface area contributed by atoms with Gasteiger partial charge in [0, 0.05) is 30.3 Å². The van der Waals surface area contributed by atoms with Gasteiger partial charge in [-0.2, -0.15) is 0 Å². The minimum Gasteiger partial charge on any atom is -0.362 e. The number of anilines is 1. The van der Waals surface area contributed by atoms with E-state index in [0.717, 1.165) is 41.7 Å². The number of rotatable bonds is 6. The largest absolute Gasteiger partial charge is 0.362 e. The molecule has 0 spiro atoms. The van der Waals surface area contributed by atoms with Crippen LogP contribution in [0.3, 0.4) is 0 Å². The number of nitrogens with one attached hydrogen (secondary N) is 1. The average Bonchev–Trinajstić information content (AvgIpc) is 3.03. The maximum Gasteiger partial charge on any atom is 0.293 e. The number of halogens is 1. The number of nitrogens with zero attached hydrogens (tertiary/aromatic N) is 2. The molecule has 1 N–H and O–H groups in total. The summed E-state index contributed by atoms with van der Waals surface area (Å²) in [5, 5.41) is 3.00. The van der Waals surface area contributed by atoms with E-state index in [1.54, 1.807) is 24.3 Å². The van der Waals surface area contributed by atoms with Crippen LogP contribution < -0.4 is 10.2 Å². The van der Waals surface area contributed by atoms with Crippen molar-refractivity contribution in [2.45, 2.75) is 12.8 Å². The molecule has 31 heavy (non-hydrogen) atoms. The zero-order valence-corrected chi connectivity index (χ0v) is 18.4. The van der Waals surface area contributed by atoms with Crippen LogP contribution in [0.2, 0.25) is 5.02 Å². The molecule has 1 fully saturated rings. The first-order valence-corrected chi connectivity index (χ1v) is 11.3. The molecule has 2 heterocycles. The average molecular weight is 456 g/mol. The standard InChI is InChI=1S/C23H22ClN3O3S/c24-18-9-3-1-7-17(18)14-20-22(29)27(23(30)31-20)13-11-25-21(28)15-26-12-5-8-16-6-2-4-10-19(16)26/h1-4,6-7,9-10,14H,5,8,11-13,15H2,(H,25,28)/b20-14-. The molecule has 2 aliphatic rings. The Balaban J connectivity index is 1.31. The van der Waals surface area contributed by atoms with Gasteiger partial charge in [0.1, 0.15) is 0 Å². The molecule has 0 bridgehead atoms. The number of amides is 3. The predicted octanol–water partition coefficient (Wildman–Crippen LogP) is 3.95. The summed E-state index contributed by atoms with van der Waals surface area (Å²) < 4.78 is 0. The highest BCUT2D eigenvalue weighted by atomic mass is 35.5. The van der Waals surface area contributed by atoms with Crippen molar-refractivity contribution in [3.05, 3.63) is 69.6 Å². The van der Waals surface area contributed by atoms with Crippen molar-refractivity contribution in [1.29, 1.82) is 0 Å². The molecule has 0 aromatic heterocycles. The second kappa shape index (κ2) is 9.58. The van der Waals surface area contributed by atoms with E-state index in [1.807, 2.05) is 24.3 Å². The quantitative estimate of drug-likeness (QED) is 0.668. The minimum atomic E-state index is -0.367. The molecular formula is C23H22ClN3O3S. The van der Waals surface area contributed by atoms with Gasteiger partial charge in [-0.25, -0.2) is 0 Å². The number of thioether (sulfide) groups is 1. The Kier molecular flexibility index (Phi) is 6.63. The summed E-state index contributed by atoms with van der Waals surface area (Å²) in [6.07, 6.45) is 3.66. The van der Waals surface area contributed by atoms with Crippen molar-refractivity contribution < 1.29 is 14.4 Å². The number of benzene rings is 2. The highest BCUT2D eigenvalue weighted by molar-refractivity contribution is 8.18. The maximum absolute atomic E-state index is 12.6. The van der Waals surface area contributed by atoms with E-state index >= 15 is 0 Å². The van der Waals surface area contributed by atoms with Crippen LogP contribution in [-0.4, -0.2) is 48.1 Å². The lowest BCUT2D eigenvalue weighted by Gasteiger charge is -2.30. The fraction of sp³-hybridized carbons (Fsp3) is 0.261. The molecule has 0 atom stereocenters. The van der Waals surface area contributed by atoms with Crippen molar-refractivity contribution in [3.63, 3.8) is 0 Å². The van der Waals surface area contributed by atoms with Crippen LogP contribution >= 0.6 is 23.4 Å². The number of aryl methyl sites for hydroxylation is 1. The summed E-state index contributed by atoms with van der Waals surface area (Å²) in [6, 6.07) is 15.3. The van der Waals surface area contributed by atoms with Crippen molar-refractivity contribution >= 4 is 52.2 Å². The molecule has 2 aromatic rings. The molecule has 3 amide bonds. The molecule has 4 rings (SSSR count). The summed E-state index contributed by atoms with van der Waals surface area (Å²) in [5.41, 5.74) is 3.04. The van der Waals surface area contributed by atoms with E-state index in [0.29, 0.717) is 15.5 Å². The number of carbonyl (C=O) groups excluding carboxylic acids is 3. The van der Waals surface area contributed by atoms with Crippen LogP contribution in [0.25, 0.3) is 6.08 Å². The van der Waals surface area contributed by atoms with Crippen molar-refractivity contribution in [2.24, 2.45) is 0 Å². The Morgan fingerprint density at radius 3 is 2.74 bits per heavy atom. The monoisotopic (exact) mass is 455 g/mol. The molecule has 0 radical (unpaired) electrons. The van der Waals surface area contributed by atoms with Gasteiger partial charge in [-0.3, -0.25) is 19.3 Å². The van der Waals surface area contributed by atoms with E-state index in [1.165, 1.54) is 5.56 Å². The Morgan fingerprint density at radius 2 is 1.90 bits per heavy atom. The van der Waals surface area contributed by atoms with Gasteiger partial charge in [0.05, 0.1) is 11.4 Å². The molecular weight excluding hydrogens is 434 g/mol. The van der Waals surface area contributed by atoms with Gasteiger partial charge in [-0.05, 0) is 53.9 Å². The van der Waals surface area contributed by atoms with Gasteiger partial charge < -0.3 is 10.2 Å². The van der Waals surface area contributed by atoms with Gasteiger partial charge in [0.15, 0.2) is 0 Å². The fourth-order valence-electron chi connectivity index (χ4n) is 3.74. The molecule has 2 aliphatic heterocycles. The van der Waals surface area contributed by atoms with Gasteiger partial charge in [0.25, 0.3) is 11.1 Å². The van der Waals surface area contributed by atoms with Crippen LogP contribution in [0, 0.1) is 0 Å². The molecule has 8 heteroatoms. The van der Waals surface area contributed by atoms with E-state index in [4.69, 9.17) is 11.6 Å². The lowest BCUT2D eigenvalue weighted by Crippen LogP contribution is -2.43.